The predicted octanol–water partition coefficient (Wildman–Crippen LogP) is 4.41. The molecule has 0 aliphatic heterocycles. The molecule has 0 radical (unpaired) electrons. The summed E-state index contributed by atoms with van der Waals surface area (Å²) < 4.78 is 37.8. The summed E-state index contributed by atoms with van der Waals surface area (Å²) in [5.41, 5.74) is 0.418. The summed E-state index contributed by atoms with van der Waals surface area (Å²) in [7, 11) is 0. The van der Waals surface area contributed by atoms with Crippen LogP contribution in [-0.2, 0) is 12.7 Å². The van der Waals surface area contributed by atoms with E-state index in [1.807, 2.05) is 25.1 Å². The molecule has 0 spiro atoms. The molecule has 0 bridgehead atoms. The van der Waals surface area contributed by atoms with Gasteiger partial charge in [-0.1, -0.05) is 37.3 Å². The molecule has 0 aliphatic rings. The average molecular weight is 384 g/mol. The summed E-state index contributed by atoms with van der Waals surface area (Å²) in [5.74, 6) is 0.983. The Morgan fingerprint density at radius 2 is 1.96 bits per heavy atom. The fourth-order valence-electron chi connectivity index (χ4n) is 2.36. The van der Waals surface area contributed by atoms with Crippen LogP contribution in [-0.4, -0.2) is 24.0 Å². The second-order valence-corrected chi connectivity index (χ2v) is 6.79. The maximum atomic E-state index is 12.6. The maximum Gasteiger partial charge on any atom is 0.434 e. The van der Waals surface area contributed by atoms with E-state index in [9.17, 15) is 13.2 Å². The molecule has 0 fully saturated rings. The van der Waals surface area contributed by atoms with Crippen LogP contribution in [0, 0.1) is 0 Å². The largest absolute Gasteiger partial charge is 0.434 e. The molecule has 1 aromatic heterocycles. The quantitative estimate of drug-likeness (QED) is 0.549. The van der Waals surface area contributed by atoms with Gasteiger partial charge in [-0.05, 0) is 24.8 Å². The van der Waals surface area contributed by atoms with Crippen molar-refractivity contribution in [1.29, 1.82) is 0 Å². The molecule has 142 valence electrons. The van der Waals surface area contributed by atoms with Crippen molar-refractivity contribution in [2.45, 2.75) is 38.9 Å². The second-order valence-electron chi connectivity index (χ2n) is 5.85. The normalized spacial score (nSPS) is 13.5. The highest BCUT2D eigenvalue weighted by molar-refractivity contribution is 7.09. The van der Waals surface area contributed by atoms with Crippen LogP contribution in [0.4, 0.5) is 13.2 Å². The van der Waals surface area contributed by atoms with Crippen LogP contribution in [0.1, 0.15) is 42.5 Å². The number of rotatable bonds is 7. The van der Waals surface area contributed by atoms with Crippen molar-refractivity contribution in [3.8, 4) is 0 Å². The van der Waals surface area contributed by atoms with E-state index >= 15 is 0 Å². The van der Waals surface area contributed by atoms with E-state index in [1.54, 1.807) is 0 Å². The summed E-state index contributed by atoms with van der Waals surface area (Å²) in [6.07, 6.45) is -3.49. The zero-order valence-corrected chi connectivity index (χ0v) is 15.6. The third-order valence-electron chi connectivity index (χ3n) is 3.80. The molecule has 2 N–H and O–H groups in total. The van der Waals surface area contributed by atoms with Gasteiger partial charge in [0.15, 0.2) is 11.7 Å². The van der Waals surface area contributed by atoms with Crippen molar-refractivity contribution < 1.29 is 13.2 Å². The van der Waals surface area contributed by atoms with Crippen molar-refractivity contribution in [1.82, 2.24) is 15.6 Å². The SMILES string of the molecule is CCNC(=NCc1nc(C(F)(F)F)cs1)NCCC(C)c1ccccc1. The number of guanidine groups is 1. The van der Waals surface area contributed by atoms with Gasteiger partial charge < -0.3 is 10.6 Å². The number of benzene rings is 1. The lowest BCUT2D eigenvalue weighted by atomic mass is 9.98. The zero-order valence-electron chi connectivity index (χ0n) is 14.8. The first-order valence-electron chi connectivity index (χ1n) is 8.49. The highest BCUT2D eigenvalue weighted by Gasteiger charge is 2.33. The van der Waals surface area contributed by atoms with Crippen LogP contribution < -0.4 is 10.6 Å². The van der Waals surface area contributed by atoms with Crippen molar-refractivity contribution in [3.05, 3.63) is 52.0 Å². The Hall–Kier alpha value is -2.09. The number of halogens is 3. The van der Waals surface area contributed by atoms with Gasteiger partial charge in [-0.2, -0.15) is 13.2 Å². The molecule has 8 heteroatoms. The van der Waals surface area contributed by atoms with E-state index < -0.39 is 11.9 Å². The minimum absolute atomic E-state index is 0.115. The summed E-state index contributed by atoms with van der Waals surface area (Å²) in [4.78, 5) is 7.92. The van der Waals surface area contributed by atoms with Crippen LogP contribution in [0.15, 0.2) is 40.7 Å². The molecule has 1 heterocycles. The first-order valence-corrected chi connectivity index (χ1v) is 9.36. The summed E-state index contributed by atoms with van der Waals surface area (Å²) in [5, 5.41) is 7.68. The van der Waals surface area contributed by atoms with Gasteiger partial charge in [-0.15, -0.1) is 11.3 Å². The molecule has 2 rings (SSSR count). The lowest BCUT2D eigenvalue weighted by Gasteiger charge is -2.15. The van der Waals surface area contributed by atoms with Crippen LogP contribution in [0.25, 0.3) is 0 Å². The minimum atomic E-state index is -4.41. The van der Waals surface area contributed by atoms with Crippen LogP contribution in [0.2, 0.25) is 0 Å². The van der Waals surface area contributed by atoms with Gasteiger partial charge in [0, 0.05) is 18.5 Å². The zero-order chi connectivity index (χ0) is 19.0. The highest BCUT2D eigenvalue weighted by atomic mass is 32.1. The molecule has 4 nitrogen and oxygen atoms in total. The van der Waals surface area contributed by atoms with Gasteiger partial charge in [0.05, 0.1) is 6.54 Å². The van der Waals surface area contributed by atoms with Gasteiger partial charge in [0.2, 0.25) is 0 Å². The van der Waals surface area contributed by atoms with E-state index in [-0.39, 0.29) is 6.54 Å². The Kier molecular flexibility index (Phi) is 7.44. The van der Waals surface area contributed by atoms with Crippen LogP contribution >= 0.6 is 11.3 Å². The number of nitrogens with one attached hydrogen (secondary N) is 2. The number of aromatic nitrogens is 1. The molecule has 1 aromatic carbocycles. The molecule has 26 heavy (non-hydrogen) atoms. The third kappa shape index (κ3) is 6.33. The molecule has 0 saturated carbocycles. The van der Waals surface area contributed by atoms with E-state index in [0.29, 0.717) is 30.0 Å². The number of aliphatic imine (C=N–C) groups is 1. The monoisotopic (exact) mass is 384 g/mol. The Balaban J connectivity index is 1.87. The smallest absolute Gasteiger partial charge is 0.357 e. The Morgan fingerprint density at radius 1 is 1.23 bits per heavy atom. The van der Waals surface area contributed by atoms with Gasteiger partial charge in [-0.25, -0.2) is 9.98 Å². The molecule has 0 aliphatic carbocycles. The lowest BCUT2D eigenvalue weighted by Crippen LogP contribution is -2.38. The fraction of sp³-hybridized carbons (Fsp3) is 0.444. The summed E-state index contributed by atoms with van der Waals surface area (Å²) in [6.45, 7) is 5.61. The van der Waals surface area contributed by atoms with Crippen molar-refractivity contribution in [3.63, 3.8) is 0 Å². The number of hydrogen-bond donors (Lipinski definition) is 2. The molecular formula is C18H23F3N4S. The third-order valence-corrected chi connectivity index (χ3v) is 4.63. The Bertz CT molecular complexity index is 698. The van der Waals surface area contributed by atoms with Gasteiger partial charge in [0.1, 0.15) is 5.01 Å². The first-order chi connectivity index (χ1) is 12.4. The minimum Gasteiger partial charge on any atom is -0.357 e. The van der Waals surface area contributed by atoms with E-state index in [2.05, 4.69) is 39.7 Å². The van der Waals surface area contributed by atoms with Gasteiger partial charge in [0.25, 0.3) is 0 Å². The fourth-order valence-corrected chi connectivity index (χ4v) is 3.08. The maximum absolute atomic E-state index is 12.6. The molecule has 2 aromatic rings. The van der Waals surface area contributed by atoms with Crippen molar-refractivity contribution in [2.75, 3.05) is 13.1 Å². The number of hydrogen-bond acceptors (Lipinski definition) is 3. The standard InChI is InChI=1S/C18H23F3N4S/c1-3-22-17(23-10-9-13(2)14-7-5-4-6-8-14)24-11-16-25-15(12-26-16)18(19,20)21/h4-8,12-13H,3,9-11H2,1-2H3,(H2,22,23,24). The van der Waals surface area contributed by atoms with Crippen molar-refractivity contribution >= 4 is 17.3 Å². The second kappa shape index (κ2) is 9.56. The van der Waals surface area contributed by atoms with E-state index in [1.165, 1.54) is 5.56 Å². The summed E-state index contributed by atoms with van der Waals surface area (Å²) in [6, 6.07) is 10.2. The average Bonchev–Trinajstić information content (AvgIpc) is 3.10. The topological polar surface area (TPSA) is 49.3 Å². The molecule has 1 unspecified atom stereocenters. The van der Waals surface area contributed by atoms with Crippen molar-refractivity contribution in [2.24, 2.45) is 4.99 Å². The van der Waals surface area contributed by atoms with Crippen LogP contribution in [0.5, 0.6) is 0 Å². The van der Waals surface area contributed by atoms with E-state index in [0.717, 1.165) is 23.1 Å². The number of thiazole rings is 1. The first kappa shape index (κ1) is 20.2. The number of nitrogens with zero attached hydrogens (tertiary/aromatic N) is 2. The Labute approximate surface area is 155 Å². The molecule has 1 atom stereocenters. The summed E-state index contributed by atoms with van der Waals surface area (Å²) >= 11 is 0.969. The van der Waals surface area contributed by atoms with Gasteiger partial charge >= 0.3 is 6.18 Å². The van der Waals surface area contributed by atoms with E-state index in [4.69, 9.17) is 0 Å². The number of alkyl halides is 3. The Morgan fingerprint density at radius 3 is 2.58 bits per heavy atom. The highest BCUT2D eigenvalue weighted by Crippen LogP contribution is 2.30. The lowest BCUT2D eigenvalue weighted by molar-refractivity contribution is -0.140. The molecular weight excluding hydrogens is 361 g/mol. The molecule has 0 saturated heterocycles. The van der Waals surface area contributed by atoms with Crippen LogP contribution in [0.3, 0.4) is 0 Å². The molecule has 0 amide bonds. The predicted molar refractivity (Wildman–Crippen MR) is 99.4 cm³/mol. The van der Waals surface area contributed by atoms with Gasteiger partial charge in [-0.3, -0.25) is 0 Å².